The number of hydrogen-bond donors (Lipinski definition) is 0. The minimum Gasteiger partial charge on any atom is -0.147 e. The third-order valence-corrected chi connectivity index (χ3v) is 5.83. The van der Waals surface area contributed by atoms with Crippen molar-refractivity contribution in [3.63, 3.8) is 0 Å². The van der Waals surface area contributed by atoms with Crippen molar-refractivity contribution in [2.24, 2.45) is 0 Å². The molecule has 118 valence electrons. The summed E-state index contributed by atoms with van der Waals surface area (Å²) < 4.78 is 41.0. The van der Waals surface area contributed by atoms with Crippen LogP contribution in [0.25, 0.3) is 10.1 Å². The summed E-state index contributed by atoms with van der Waals surface area (Å²) in [4.78, 5) is 0.487. The molecule has 0 spiro atoms. The van der Waals surface area contributed by atoms with Gasteiger partial charge in [-0.2, -0.15) is 0 Å². The third kappa shape index (κ3) is 3.54. The molecule has 0 nitrogen and oxygen atoms in total. The number of fused-ring (bicyclic) bond motifs is 1. The molecule has 2 aromatic rings. The third-order valence-electron chi connectivity index (χ3n) is 3.40. The first-order valence-corrected chi connectivity index (χ1v) is 7.91. The molecule has 5 heteroatoms. The van der Waals surface area contributed by atoms with Gasteiger partial charge in [0.25, 0.3) is 0 Å². The Hall–Kier alpha value is -0.740. The Bertz CT molecular complexity index is 633. The van der Waals surface area contributed by atoms with Crippen molar-refractivity contribution in [2.75, 3.05) is 0 Å². The quantitative estimate of drug-likeness (QED) is 0.496. The Morgan fingerprint density at radius 2 is 1.57 bits per heavy atom. The van der Waals surface area contributed by atoms with E-state index in [-0.39, 0.29) is 18.3 Å². The second-order valence-corrected chi connectivity index (χ2v) is 8.42. The van der Waals surface area contributed by atoms with E-state index in [1.165, 1.54) is 0 Å². The lowest BCUT2D eigenvalue weighted by molar-refractivity contribution is -0.0869. The zero-order chi connectivity index (χ0) is 15.3. The molecule has 1 aromatic heterocycles. The second kappa shape index (κ2) is 5.81. The molecule has 2 rings (SSSR count). The van der Waals surface area contributed by atoms with E-state index in [4.69, 9.17) is 0 Å². The van der Waals surface area contributed by atoms with Crippen LogP contribution in [0.3, 0.4) is 0 Å². The number of benzene rings is 1. The highest BCUT2D eigenvalue weighted by Gasteiger charge is 2.50. The summed E-state index contributed by atoms with van der Waals surface area (Å²) in [6, 6.07) is 7.24. The maximum Gasteiger partial charge on any atom is 0.600 e. The molecular weight excluding hydrogens is 317 g/mol. The average molecular weight is 338 g/mol. The smallest absolute Gasteiger partial charge is 0.147 e. The van der Waals surface area contributed by atoms with E-state index >= 15 is 0 Å². The molecule has 0 saturated carbocycles. The highest BCUT2D eigenvalue weighted by Crippen LogP contribution is 2.54. The maximum atomic E-state index is 13.5. The summed E-state index contributed by atoms with van der Waals surface area (Å²) in [5, 5.41) is 0.722. The lowest BCUT2D eigenvalue weighted by Crippen LogP contribution is -2.12. The predicted molar refractivity (Wildman–Crippen MR) is 87.8 cm³/mol. The molecule has 1 aromatic carbocycles. The van der Waals surface area contributed by atoms with Gasteiger partial charge in [-0.25, -0.2) is 0 Å². The zero-order valence-corrected chi connectivity index (χ0v) is 14.5. The molecule has 0 aliphatic carbocycles. The van der Waals surface area contributed by atoms with E-state index in [2.05, 4.69) is 0 Å². The highest BCUT2D eigenvalue weighted by atomic mass is 35.5. The molecule has 0 aliphatic heterocycles. The van der Waals surface area contributed by atoms with Gasteiger partial charge in [0.1, 0.15) is 0 Å². The Morgan fingerprint density at radius 1 is 1.00 bits per heavy atom. The van der Waals surface area contributed by atoms with Gasteiger partial charge >= 0.3 is 5.51 Å². The van der Waals surface area contributed by atoms with Gasteiger partial charge in [0.15, 0.2) is 9.58 Å². The first-order valence-electron chi connectivity index (χ1n) is 6.69. The molecule has 0 bridgehead atoms. The number of halogens is 4. The minimum atomic E-state index is -4.21. The van der Waals surface area contributed by atoms with E-state index in [0.717, 1.165) is 10.9 Å². The number of hydrogen-bond acceptors (Lipinski definition) is 0. The SMILES string of the molecule is CC(C)c1ccc2cc(C(C)(C)C)[s+](C(F)(F)F)c2c1.Cl. The molecule has 1 atom stereocenters. The van der Waals surface area contributed by atoms with Crippen molar-refractivity contribution in [1.82, 2.24) is 0 Å². The second-order valence-electron chi connectivity index (χ2n) is 6.46. The fourth-order valence-corrected chi connectivity index (χ4v) is 4.51. The monoisotopic (exact) mass is 337 g/mol. The van der Waals surface area contributed by atoms with Crippen molar-refractivity contribution in [3.8, 4) is 0 Å². The van der Waals surface area contributed by atoms with Crippen LogP contribution >= 0.6 is 22.9 Å². The van der Waals surface area contributed by atoms with Crippen LogP contribution in [0.1, 0.15) is 51.0 Å². The van der Waals surface area contributed by atoms with Crippen molar-refractivity contribution in [2.45, 2.75) is 51.5 Å². The Morgan fingerprint density at radius 3 is 2.00 bits per heavy atom. The molecule has 1 unspecified atom stereocenters. The van der Waals surface area contributed by atoms with E-state index < -0.39 is 21.4 Å². The van der Waals surface area contributed by atoms with Crippen LogP contribution in [0.4, 0.5) is 13.2 Å². The summed E-state index contributed by atoms with van der Waals surface area (Å²) >= 11 is 0. The molecule has 0 amide bonds. The van der Waals surface area contributed by atoms with Crippen LogP contribution in [0.5, 0.6) is 0 Å². The van der Waals surface area contributed by atoms with Gasteiger partial charge < -0.3 is 0 Å². The van der Waals surface area contributed by atoms with Gasteiger partial charge in [0, 0.05) is 22.9 Å². The van der Waals surface area contributed by atoms with E-state index in [1.807, 2.05) is 46.8 Å². The van der Waals surface area contributed by atoms with Crippen LogP contribution < -0.4 is 0 Å². The molecule has 1 heterocycles. The fourth-order valence-electron chi connectivity index (χ4n) is 2.30. The van der Waals surface area contributed by atoms with Gasteiger partial charge in [-0.1, -0.05) is 40.7 Å². The molecule has 0 fully saturated rings. The van der Waals surface area contributed by atoms with Gasteiger partial charge in [0.05, 0.1) is 10.5 Å². The van der Waals surface area contributed by atoms with Gasteiger partial charge in [-0.05, 0) is 17.5 Å². The summed E-state index contributed by atoms with van der Waals surface area (Å²) in [5.41, 5.74) is -3.72. The zero-order valence-electron chi connectivity index (χ0n) is 12.8. The molecular formula is C16H21ClF3S+. The fraction of sp³-hybridized carbons (Fsp3) is 0.500. The largest absolute Gasteiger partial charge is 0.600 e. The predicted octanol–water partition coefficient (Wildman–Crippen LogP) is 6.91. The highest BCUT2D eigenvalue weighted by molar-refractivity contribution is 7.38. The van der Waals surface area contributed by atoms with Crippen LogP contribution in [-0.4, -0.2) is 0 Å². The van der Waals surface area contributed by atoms with Crippen molar-refractivity contribution >= 4 is 33.0 Å². The molecule has 0 aliphatic rings. The molecule has 0 N–H and O–H groups in total. The number of rotatable bonds is 1. The summed E-state index contributed by atoms with van der Waals surface area (Å²) in [7, 11) is -1.79. The van der Waals surface area contributed by atoms with Gasteiger partial charge in [-0.15, -0.1) is 25.6 Å². The van der Waals surface area contributed by atoms with Crippen molar-refractivity contribution < 1.29 is 13.2 Å². The Labute approximate surface area is 132 Å². The van der Waals surface area contributed by atoms with Crippen LogP contribution in [0.2, 0.25) is 0 Å². The van der Waals surface area contributed by atoms with Gasteiger partial charge in [0.2, 0.25) is 0 Å². The minimum absolute atomic E-state index is 0. The van der Waals surface area contributed by atoms with Crippen LogP contribution in [-0.2, 0) is 10.9 Å². The molecule has 0 radical (unpaired) electrons. The van der Waals surface area contributed by atoms with Crippen molar-refractivity contribution in [3.05, 3.63) is 34.7 Å². The maximum absolute atomic E-state index is 13.5. The lowest BCUT2D eigenvalue weighted by atomic mass is 9.94. The van der Waals surface area contributed by atoms with Gasteiger partial charge in [-0.3, -0.25) is 0 Å². The number of thiophene rings is 1. The average Bonchev–Trinajstić information content (AvgIpc) is 2.65. The van der Waals surface area contributed by atoms with E-state index in [9.17, 15) is 13.2 Å². The van der Waals surface area contributed by atoms with Crippen LogP contribution in [0.15, 0.2) is 24.3 Å². The van der Waals surface area contributed by atoms with Crippen LogP contribution in [0, 0.1) is 0 Å². The lowest BCUT2D eigenvalue weighted by Gasteiger charge is -2.13. The molecule has 0 saturated heterocycles. The molecule has 21 heavy (non-hydrogen) atoms. The summed E-state index contributed by atoms with van der Waals surface area (Å²) in [6.07, 6.45) is 0. The first-order chi connectivity index (χ1) is 9.01. The first kappa shape index (κ1) is 18.3. The Kier molecular flexibility index (Phi) is 5.06. The standard InChI is InChI=1S/C16H20F3S.ClH/c1-10(2)11-6-7-12-9-14(15(3,4)5)20(13(12)8-11)16(17,18)19;/h6-10H,1-5H3;1H/q+1;. The number of alkyl halides is 3. The normalized spacial score (nSPS) is 13.7. The van der Waals surface area contributed by atoms with Crippen molar-refractivity contribution in [1.29, 1.82) is 0 Å². The summed E-state index contributed by atoms with van der Waals surface area (Å²) in [5.74, 6) is 0.234. The topological polar surface area (TPSA) is 0 Å². The Balaban J connectivity index is 0.00000220. The van der Waals surface area contributed by atoms with E-state index in [1.54, 1.807) is 12.1 Å². The van der Waals surface area contributed by atoms with E-state index in [0.29, 0.717) is 9.58 Å². The summed E-state index contributed by atoms with van der Waals surface area (Å²) in [6.45, 7) is 9.54.